The van der Waals surface area contributed by atoms with E-state index >= 15 is 0 Å². The Labute approximate surface area is 318 Å². The highest BCUT2D eigenvalue weighted by molar-refractivity contribution is 7.26. The van der Waals surface area contributed by atoms with Gasteiger partial charge in [-0.05, 0) is 64.9 Å². The zero-order valence-electron chi connectivity index (χ0n) is 30.1. The van der Waals surface area contributed by atoms with E-state index in [4.69, 9.17) is 9.98 Å². The van der Waals surface area contributed by atoms with Crippen LogP contribution in [0.4, 0.5) is 0 Å². The van der Waals surface area contributed by atoms with Gasteiger partial charge in [0.1, 0.15) is 0 Å². The lowest BCUT2D eigenvalue weighted by molar-refractivity contribution is 0.666. The van der Waals surface area contributed by atoms with E-state index in [1.807, 2.05) is 36.4 Å². The molecule has 2 aromatic heterocycles. The smallest absolute Gasteiger partial charge is 0.161 e. The summed E-state index contributed by atoms with van der Waals surface area (Å²) in [4.78, 5) is 15.0. The first-order valence-corrected chi connectivity index (χ1v) is 19.1. The van der Waals surface area contributed by atoms with Crippen LogP contribution in [0.15, 0.2) is 173 Å². The number of amidine groups is 2. The number of hydrogen-bond acceptors (Lipinski definition) is 2. The molecule has 4 nitrogen and oxygen atoms in total. The van der Waals surface area contributed by atoms with Gasteiger partial charge in [0.25, 0.3) is 0 Å². The number of aromatic nitrogens is 1. The van der Waals surface area contributed by atoms with Crippen molar-refractivity contribution in [2.24, 2.45) is 15.0 Å². The highest BCUT2D eigenvalue weighted by Crippen LogP contribution is 2.53. The SMILES string of the molecule is C=NC(=NC(=NCc1ccccc1)c1cc(-n2c3ccccc3c3c4c(ccc32)-c2ccccc2C4(C)C)cc2c1sc1ccccc12)c1ccccc1. The Morgan fingerprint density at radius 3 is 2.17 bits per heavy atom. The summed E-state index contributed by atoms with van der Waals surface area (Å²) in [5.74, 6) is 1.16. The van der Waals surface area contributed by atoms with Crippen LogP contribution in [0.25, 0.3) is 58.8 Å². The molecule has 0 atom stereocenters. The predicted octanol–water partition coefficient (Wildman–Crippen LogP) is 12.6. The van der Waals surface area contributed by atoms with Gasteiger partial charge in [-0.2, -0.15) is 0 Å². The van der Waals surface area contributed by atoms with Crippen LogP contribution in [0.3, 0.4) is 0 Å². The molecule has 7 aromatic carbocycles. The Bertz CT molecular complexity index is 3000. The summed E-state index contributed by atoms with van der Waals surface area (Å²) >= 11 is 1.79. The Balaban J connectivity index is 1.29. The Kier molecular flexibility index (Phi) is 7.53. The average Bonchev–Trinajstić information content (AvgIpc) is 3.84. The van der Waals surface area contributed by atoms with Crippen LogP contribution in [0.2, 0.25) is 0 Å². The van der Waals surface area contributed by atoms with E-state index in [1.54, 1.807) is 11.3 Å². The standard InChI is InChI=1S/C49H36N4S/c1-49(2)40-23-13-10-20-34(40)36-26-27-42-44(45(36)49)37-22-11-14-24-41(37)53(42)33-28-38-35-21-12-15-25-43(35)54-46(38)39(29-33)48(51-30-31-16-6-4-7-17-31)52-47(50-3)32-18-8-5-9-19-32/h4-29H,3,30H2,1-2H3. The first kappa shape index (κ1) is 32.2. The largest absolute Gasteiger partial charge is 0.309 e. The third-order valence-electron chi connectivity index (χ3n) is 11.0. The molecule has 0 aliphatic heterocycles. The number of hydrogen-bond donors (Lipinski definition) is 0. The molecule has 0 unspecified atom stereocenters. The van der Waals surface area contributed by atoms with Crippen molar-refractivity contribution in [1.82, 2.24) is 4.57 Å². The molecular formula is C49H36N4S. The molecule has 9 aromatic rings. The van der Waals surface area contributed by atoms with E-state index < -0.39 is 0 Å². The zero-order valence-corrected chi connectivity index (χ0v) is 30.9. The number of thiophene rings is 1. The van der Waals surface area contributed by atoms with E-state index in [0.717, 1.165) is 27.1 Å². The van der Waals surface area contributed by atoms with Crippen LogP contribution in [-0.2, 0) is 12.0 Å². The molecule has 0 spiro atoms. The van der Waals surface area contributed by atoms with Gasteiger partial charge in [-0.1, -0.05) is 141 Å². The van der Waals surface area contributed by atoms with E-state index in [1.165, 1.54) is 59.5 Å². The molecule has 0 bridgehead atoms. The molecule has 258 valence electrons. The molecule has 1 aliphatic rings. The van der Waals surface area contributed by atoms with Gasteiger partial charge < -0.3 is 4.57 Å². The highest BCUT2D eigenvalue weighted by atomic mass is 32.1. The second-order valence-corrected chi connectivity index (χ2v) is 15.5. The molecule has 0 amide bonds. The number of aliphatic imine (C=N–C) groups is 3. The number of benzene rings is 7. The fourth-order valence-corrected chi connectivity index (χ4v) is 9.72. The van der Waals surface area contributed by atoms with Gasteiger partial charge in [-0.15, -0.1) is 11.3 Å². The van der Waals surface area contributed by atoms with Gasteiger partial charge in [-0.3, -0.25) is 4.99 Å². The van der Waals surface area contributed by atoms with Gasteiger partial charge >= 0.3 is 0 Å². The quantitative estimate of drug-likeness (QED) is 0.126. The molecule has 0 radical (unpaired) electrons. The van der Waals surface area contributed by atoms with Gasteiger partial charge in [0.15, 0.2) is 11.7 Å². The molecule has 2 heterocycles. The Morgan fingerprint density at radius 2 is 1.35 bits per heavy atom. The minimum absolute atomic E-state index is 0.156. The Morgan fingerprint density at radius 1 is 0.648 bits per heavy atom. The summed E-state index contributed by atoms with van der Waals surface area (Å²) in [6.45, 7) is 9.17. The first-order chi connectivity index (χ1) is 26.5. The van der Waals surface area contributed by atoms with Crippen molar-refractivity contribution in [3.8, 4) is 16.8 Å². The van der Waals surface area contributed by atoms with E-state index in [2.05, 4.69) is 151 Å². The molecular weight excluding hydrogens is 677 g/mol. The summed E-state index contributed by atoms with van der Waals surface area (Å²) in [6, 6.07) is 56.1. The number of fused-ring (bicyclic) bond motifs is 10. The van der Waals surface area contributed by atoms with Crippen LogP contribution in [0, 0.1) is 0 Å². The highest BCUT2D eigenvalue weighted by Gasteiger charge is 2.38. The van der Waals surface area contributed by atoms with Crippen molar-refractivity contribution in [3.63, 3.8) is 0 Å². The summed E-state index contributed by atoms with van der Waals surface area (Å²) in [7, 11) is 0. The maximum Gasteiger partial charge on any atom is 0.161 e. The van der Waals surface area contributed by atoms with Crippen LogP contribution < -0.4 is 0 Å². The minimum atomic E-state index is -0.156. The maximum absolute atomic E-state index is 5.27. The van der Waals surface area contributed by atoms with Crippen molar-refractivity contribution < 1.29 is 0 Å². The average molecular weight is 713 g/mol. The van der Waals surface area contributed by atoms with Crippen molar-refractivity contribution in [1.29, 1.82) is 0 Å². The lowest BCUT2D eigenvalue weighted by Gasteiger charge is -2.22. The van der Waals surface area contributed by atoms with Gasteiger partial charge in [0.2, 0.25) is 0 Å². The van der Waals surface area contributed by atoms with Gasteiger partial charge in [0, 0.05) is 53.2 Å². The topological polar surface area (TPSA) is 42.0 Å². The van der Waals surface area contributed by atoms with Crippen LogP contribution in [-0.4, -0.2) is 23.0 Å². The summed E-state index contributed by atoms with van der Waals surface area (Å²) in [6.07, 6.45) is 0. The first-order valence-electron chi connectivity index (χ1n) is 18.3. The van der Waals surface area contributed by atoms with Gasteiger partial charge in [0.05, 0.1) is 17.6 Å². The van der Waals surface area contributed by atoms with E-state index in [0.29, 0.717) is 18.2 Å². The fraction of sp³-hybridized carbons (Fsp3) is 0.0816. The number of para-hydroxylation sites is 1. The monoisotopic (exact) mass is 712 g/mol. The molecule has 10 rings (SSSR count). The summed E-state index contributed by atoms with van der Waals surface area (Å²) in [5.41, 5.74) is 11.6. The minimum Gasteiger partial charge on any atom is -0.309 e. The molecule has 0 N–H and O–H groups in total. The summed E-state index contributed by atoms with van der Waals surface area (Å²) < 4.78 is 4.81. The molecule has 5 heteroatoms. The van der Waals surface area contributed by atoms with E-state index in [-0.39, 0.29) is 5.41 Å². The predicted molar refractivity (Wildman–Crippen MR) is 230 cm³/mol. The maximum atomic E-state index is 5.27. The third-order valence-corrected chi connectivity index (χ3v) is 12.2. The fourth-order valence-electron chi connectivity index (χ4n) is 8.53. The van der Waals surface area contributed by atoms with Crippen LogP contribution in [0.1, 0.15) is 41.7 Å². The molecule has 0 saturated carbocycles. The molecule has 0 fully saturated rings. The van der Waals surface area contributed by atoms with E-state index in [9.17, 15) is 0 Å². The number of nitrogens with zero attached hydrogens (tertiary/aromatic N) is 4. The van der Waals surface area contributed by atoms with Crippen molar-refractivity contribution in [2.45, 2.75) is 25.8 Å². The van der Waals surface area contributed by atoms with Crippen molar-refractivity contribution >= 4 is 71.7 Å². The van der Waals surface area contributed by atoms with Crippen LogP contribution in [0.5, 0.6) is 0 Å². The lowest BCUT2D eigenvalue weighted by Crippen LogP contribution is -2.15. The van der Waals surface area contributed by atoms with Gasteiger partial charge in [-0.25, -0.2) is 9.98 Å². The lowest BCUT2D eigenvalue weighted by atomic mass is 9.80. The zero-order chi connectivity index (χ0) is 36.4. The molecule has 54 heavy (non-hydrogen) atoms. The third kappa shape index (κ3) is 5.00. The van der Waals surface area contributed by atoms with Crippen molar-refractivity contribution in [3.05, 3.63) is 186 Å². The van der Waals surface area contributed by atoms with Crippen LogP contribution >= 0.6 is 11.3 Å². The normalized spacial score (nSPS) is 13.9. The molecule has 0 saturated heterocycles. The Hall–Kier alpha value is -6.43. The van der Waals surface area contributed by atoms with Crippen molar-refractivity contribution in [2.75, 3.05) is 0 Å². The summed E-state index contributed by atoms with van der Waals surface area (Å²) in [5, 5.41) is 4.95. The molecule has 1 aliphatic carbocycles. The second-order valence-electron chi connectivity index (χ2n) is 14.5. The second kappa shape index (κ2) is 12.6. The number of rotatable bonds is 5.